The molecule has 4 heteroatoms. The summed E-state index contributed by atoms with van der Waals surface area (Å²) in [5.74, 6) is 0.0710. The normalized spacial score (nSPS) is 16.3. The molecule has 1 aromatic carbocycles. The van der Waals surface area contributed by atoms with E-state index < -0.39 is 0 Å². The lowest BCUT2D eigenvalue weighted by Gasteiger charge is -2.14. The Morgan fingerprint density at radius 3 is 2.61 bits per heavy atom. The van der Waals surface area contributed by atoms with Crippen molar-refractivity contribution in [1.29, 1.82) is 0 Å². The molecule has 1 amide bonds. The molecule has 0 spiro atoms. The van der Waals surface area contributed by atoms with E-state index in [4.69, 9.17) is 0 Å². The van der Waals surface area contributed by atoms with Crippen molar-refractivity contribution in [3.63, 3.8) is 0 Å². The predicted molar refractivity (Wildman–Crippen MR) is 69.2 cm³/mol. The van der Waals surface area contributed by atoms with Crippen LogP contribution in [0.15, 0.2) is 42.7 Å². The quantitative estimate of drug-likeness (QED) is 0.894. The molecule has 1 aliphatic carbocycles. The van der Waals surface area contributed by atoms with Gasteiger partial charge in [0.05, 0.1) is 17.3 Å². The van der Waals surface area contributed by atoms with Gasteiger partial charge in [-0.1, -0.05) is 30.3 Å². The number of benzene rings is 1. The zero-order valence-electron chi connectivity index (χ0n) is 10.3. The summed E-state index contributed by atoms with van der Waals surface area (Å²) >= 11 is 0. The van der Waals surface area contributed by atoms with Gasteiger partial charge in [-0.25, -0.2) is 0 Å². The molecule has 1 aliphatic rings. The first kappa shape index (κ1) is 11.0. The molecule has 92 valence electrons. The summed E-state index contributed by atoms with van der Waals surface area (Å²) in [6.07, 6.45) is 5.31. The molecule has 3 rings (SSSR count). The summed E-state index contributed by atoms with van der Waals surface area (Å²) in [7, 11) is 1.83. The van der Waals surface area contributed by atoms with Crippen molar-refractivity contribution >= 4 is 11.6 Å². The predicted octanol–water partition coefficient (Wildman–Crippen LogP) is 2.09. The van der Waals surface area contributed by atoms with E-state index in [1.165, 1.54) is 0 Å². The number of nitrogens with one attached hydrogen (secondary N) is 1. The third kappa shape index (κ3) is 1.79. The van der Waals surface area contributed by atoms with Crippen molar-refractivity contribution in [2.45, 2.75) is 18.3 Å². The summed E-state index contributed by atoms with van der Waals surface area (Å²) in [4.78, 5) is 12.4. The van der Waals surface area contributed by atoms with Gasteiger partial charge in [0.25, 0.3) is 0 Å². The second-order valence-electron chi connectivity index (χ2n) is 4.80. The fourth-order valence-corrected chi connectivity index (χ4v) is 2.27. The number of aromatic nitrogens is 2. The molecule has 1 saturated carbocycles. The number of anilines is 1. The molecule has 1 fully saturated rings. The highest BCUT2D eigenvalue weighted by atomic mass is 16.2. The Labute approximate surface area is 106 Å². The van der Waals surface area contributed by atoms with E-state index in [1.807, 2.05) is 37.4 Å². The third-order valence-electron chi connectivity index (χ3n) is 3.47. The molecular formula is C14H15N3O. The second-order valence-corrected chi connectivity index (χ2v) is 4.80. The number of aryl methyl sites for hydroxylation is 1. The zero-order chi connectivity index (χ0) is 12.6. The minimum atomic E-state index is -0.322. The number of hydrogen-bond acceptors (Lipinski definition) is 2. The molecule has 0 bridgehead atoms. The lowest BCUT2D eigenvalue weighted by molar-refractivity contribution is -0.118. The molecule has 0 saturated heterocycles. The summed E-state index contributed by atoms with van der Waals surface area (Å²) in [5.41, 5.74) is 1.54. The van der Waals surface area contributed by atoms with Crippen LogP contribution >= 0.6 is 0 Å². The van der Waals surface area contributed by atoms with E-state index in [0.717, 1.165) is 24.1 Å². The number of amides is 1. The number of nitrogens with zero attached hydrogens (tertiary/aromatic N) is 2. The van der Waals surface area contributed by atoms with Crippen LogP contribution in [-0.4, -0.2) is 15.7 Å². The van der Waals surface area contributed by atoms with Crippen molar-refractivity contribution < 1.29 is 4.79 Å². The third-order valence-corrected chi connectivity index (χ3v) is 3.47. The van der Waals surface area contributed by atoms with Crippen molar-refractivity contribution in [3.8, 4) is 0 Å². The fraction of sp³-hybridized carbons (Fsp3) is 0.286. The van der Waals surface area contributed by atoms with E-state index in [1.54, 1.807) is 17.1 Å². The Bertz CT molecular complexity index is 570. The van der Waals surface area contributed by atoms with E-state index in [-0.39, 0.29) is 11.3 Å². The molecule has 0 radical (unpaired) electrons. The standard InChI is InChI=1S/C14H15N3O/c1-17-10-12(9-15-17)16-13(18)14(7-8-14)11-5-3-2-4-6-11/h2-6,9-10H,7-8H2,1H3,(H,16,18). The van der Waals surface area contributed by atoms with Crippen molar-refractivity contribution in [1.82, 2.24) is 9.78 Å². The van der Waals surface area contributed by atoms with Crippen LogP contribution in [-0.2, 0) is 17.3 Å². The summed E-state index contributed by atoms with van der Waals surface area (Å²) in [6, 6.07) is 9.98. The number of carbonyl (C=O) groups is 1. The largest absolute Gasteiger partial charge is 0.323 e. The highest BCUT2D eigenvalue weighted by Crippen LogP contribution is 2.48. The fourth-order valence-electron chi connectivity index (χ4n) is 2.27. The van der Waals surface area contributed by atoms with Gasteiger partial charge in [0.15, 0.2) is 0 Å². The first-order chi connectivity index (χ1) is 8.71. The topological polar surface area (TPSA) is 46.9 Å². The van der Waals surface area contributed by atoms with Crippen LogP contribution in [0.3, 0.4) is 0 Å². The first-order valence-electron chi connectivity index (χ1n) is 6.06. The van der Waals surface area contributed by atoms with E-state index in [0.29, 0.717) is 0 Å². The van der Waals surface area contributed by atoms with Gasteiger partial charge < -0.3 is 5.32 Å². The maximum atomic E-state index is 12.4. The van der Waals surface area contributed by atoms with Crippen LogP contribution < -0.4 is 5.32 Å². The zero-order valence-corrected chi connectivity index (χ0v) is 10.3. The lowest BCUT2D eigenvalue weighted by Crippen LogP contribution is -2.27. The number of rotatable bonds is 3. The highest BCUT2D eigenvalue weighted by Gasteiger charge is 2.51. The van der Waals surface area contributed by atoms with E-state index in [9.17, 15) is 4.79 Å². The number of hydrogen-bond donors (Lipinski definition) is 1. The summed E-state index contributed by atoms with van der Waals surface area (Å²) in [5, 5.41) is 6.99. The minimum absolute atomic E-state index is 0.0710. The Balaban J connectivity index is 1.81. The van der Waals surface area contributed by atoms with Crippen LogP contribution in [0, 0.1) is 0 Å². The summed E-state index contributed by atoms with van der Waals surface area (Å²) < 4.78 is 1.68. The van der Waals surface area contributed by atoms with Crippen LogP contribution in [0.1, 0.15) is 18.4 Å². The smallest absolute Gasteiger partial charge is 0.235 e. The molecule has 2 aromatic rings. The maximum Gasteiger partial charge on any atom is 0.235 e. The lowest BCUT2D eigenvalue weighted by atomic mass is 9.95. The Hall–Kier alpha value is -2.10. The van der Waals surface area contributed by atoms with Crippen molar-refractivity contribution in [3.05, 3.63) is 48.3 Å². The van der Waals surface area contributed by atoms with Crippen LogP contribution in [0.2, 0.25) is 0 Å². The van der Waals surface area contributed by atoms with Gasteiger partial charge in [0, 0.05) is 13.2 Å². The molecule has 18 heavy (non-hydrogen) atoms. The van der Waals surface area contributed by atoms with Crippen LogP contribution in [0.4, 0.5) is 5.69 Å². The molecule has 0 unspecified atom stereocenters. The molecule has 1 N–H and O–H groups in total. The van der Waals surface area contributed by atoms with E-state index >= 15 is 0 Å². The molecule has 1 heterocycles. The highest BCUT2D eigenvalue weighted by molar-refractivity contribution is 6.01. The average Bonchev–Trinajstić information content (AvgIpc) is 3.10. The Morgan fingerprint density at radius 2 is 2.06 bits per heavy atom. The Morgan fingerprint density at radius 1 is 1.33 bits per heavy atom. The molecule has 0 atom stereocenters. The molecule has 0 aliphatic heterocycles. The van der Waals surface area contributed by atoms with Gasteiger partial charge in [-0.3, -0.25) is 9.48 Å². The second kappa shape index (κ2) is 3.98. The molecule has 4 nitrogen and oxygen atoms in total. The molecular weight excluding hydrogens is 226 g/mol. The van der Waals surface area contributed by atoms with Gasteiger partial charge >= 0.3 is 0 Å². The van der Waals surface area contributed by atoms with Gasteiger partial charge in [-0.15, -0.1) is 0 Å². The summed E-state index contributed by atoms with van der Waals surface area (Å²) in [6.45, 7) is 0. The average molecular weight is 241 g/mol. The van der Waals surface area contributed by atoms with E-state index in [2.05, 4.69) is 10.4 Å². The van der Waals surface area contributed by atoms with Gasteiger partial charge in [0.1, 0.15) is 0 Å². The monoisotopic (exact) mass is 241 g/mol. The van der Waals surface area contributed by atoms with Gasteiger partial charge in [0.2, 0.25) is 5.91 Å². The van der Waals surface area contributed by atoms with Gasteiger partial charge in [-0.05, 0) is 18.4 Å². The SMILES string of the molecule is Cn1cc(NC(=O)C2(c3ccccc3)CC2)cn1. The molecule has 1 aromatic heterocycles. The number of carbonyl (C=O) groups excluding carboxylic acids is 1. The van der Waals surface area contributed by atoms with Crippen LogP contribution in [0.5, 0.6) is 0 Å². The van der Waals surface area contributed by atoms with Crippen molar-refractivity contribution in [2.24, 2.45) is 7.05 Å². The van der Waals surface area contributed by atoms with Crippen LogP contribution in [0.25, 0.3) is 0 Å². The Kier molecular flexibility index (Phi) is 2.44. The van der Waals surface area contributed by atoms with Crippen molar-refractivity contribution in [2.75, 3.05) is 5.32 Å². The minimum Gasteiger partial charge on any atom is -0.323 e. The first-order valence-corrected chi connectivity index (χ1v) is 6.06. The maximum absolute atomic E-state index is 12.4. The van der Waals surface area contributed by atoms with Gasteiger partial charge in [-0.2, -0.15) is 5.10 Å².